The third kappa shape index (κ3) is 3.78. The molecule has 1 aliphatic rings. The van der Waals surface area contributed by atoms with Gasteiger partial charge in [0.1, 0.15) is 11.5 Å². The number of likely N-dealkylation sites (tertiary alicyclic amines) is 1. The van der Waals surface area contributed by atoms with Gasteiger partial charge in [-0.3, -0.25) is 9.59 Å². The van der Waals surface area contributed by atoms with Gasteiger partial charge >= 0.3 is 0 Å². The molecule has 4 rings (SSSR count). The van der Waals surface area contributed by atoms with Crippen molar-refractivity contribution in [3.8, 4) is 0 Å². The van der Waals surface area contributed by atoms with Crippen molar-refractivity contribution in [3.63, 3.8) is 0 Å². The Bertz CT molecular complexity index is 1230. The van der Waals surface area contributed by atoms with E-state index in [1.54, 1.807) is 41.8 Å². The number of hydrogen-bond donors (Lipinski definition) is 1. The number of carbonyl (C=O) groups is 2. The summed E-state index contributed by atoms with van der Waals surface area (Å²) in [5.41, 5.74) is 1.50. The number of pyridine rings is 1. The third-order valence-electron chi connectivity index (χ3n) is 5.69. The van der Waals surface area contributed by atoms with Crippen LogP contribution >= 0.6 is 0 Å². The minimum absolute atomic E-state index is 0.161. The summed E-state index contributed by atoms with van der Waals surface area (Å²) in [5, 5.41) is 13.7. The fourth-order valence-electron chi connectivity index (χ4n) is 4.24. The lowest BCUT2D eigenvalue weighted by Gasteiger charge is -2.27. The second-order valence-electron chi connectivity index (χ2n) is 8.31. The van der Waals surface area contributed by atoms with Gasteiger partial charge in [0.25, 0.3) is 5.91 Å². The summed E-state index contributed by atoms with van der Waals surface area (Å²) in [4.78, 5) is 33.1. The molecule has 0 saturated carbocycles. The van der Waals surface area contributed by atoms with Crippen LogP contribution in [0.1, 0.15) is 29.4 Å². The number of aromatic nitrogens is 2. The molecule has 3 aromatic rings. The van der Waals surface area contributed by atoms with Crippen LogP contribution in [0.4, 0.5) is 4.39 Å². The molecule has 1 fully saturated rings. The van der Waals surface area contributed by atoms with E-state index < -0.39 is 29.3 Å². The van der Waals surface area contributed by atoms with Crippen molar-refractivity contribution in [1.82, 2.24) is 14.3 Å². The highest BCUT2D eigenvalue weighted by atomic mass is 19.1. The quantitative estimate of drug-likeness (QED) is 0.347. The van der Waals surface area contributed by atoms with E-state index in [1.165, 1.54) is 28.0 Å². The molecule has 1 saturated heterocycles. The Labute approximate surface area is 185 Å². The van der Waals surface area contributed by atoms with Gasteiger partial charge in [-0.25, -0.2) is 9.37 Å². The van der Waals surface area contributed by atoms with Crippen LogP contribution in [0.3, 0.4) is 0 Å². The summed E-state index contributed by atoms with van der Waals surface area (Å²) < 4.78 is 15.7. The van der Waals surface area contributed by atoms with Crippen molar-refractivity contribution in [2.75, 3.05) is 27.2 Å². The largest absolute Gasteiger partial charge is 0.871 e. The molecule has 0 bridgehead atoms. The van der Waals surface area contributed by atoms with Crippen LogP contribution in [0.15, 0.2) is 54.2 Å². The standard InChI is InChI=1S/C24H25FN4O3/c1-15-20(28-12-5-4-10-18(28)26-15)22(30)19-21(16-8-6-9-17(25)14-16)29(24(32)23(19)31)13-7-11-27(2)3/h4-6,8-10,12,14,21,30H,7,11,13H2,1-3H3. The number of quaternary nitrogens is 1. The lowest BCUT2D eigenvalue weighted by molar-refractivity contribution is -0.858. The summed E-state index contributed by atoms with van der Waals surface area (Å²) in [5.74, 6) is -2.63. The molecule has 1 amide bonds. The molecular weight excluding hydrogens is 411 g/mol. The summed E-state index contributed by atoms with van der Waals surface area (Å²) in [6.07, 6.45) is 2.34. The molecule has 3 heterocycles. The van der Waals surface area contributed by atoms with E-state index in [9.17, 15) is 19.1 Å². The van der Waals surface area contributed by atoms with E-state index in [0.29, 0.717) is 29.9 Å². The SMILES string of the molecule is Cc1nc2ccccn2c1C([O-])=C1C(=O)C(=O)N(CCC[NH+](C)C)C1c1cccc(F)c1. The molecule has 7 nitrogen and oxygen atoms in total. The monoisotopic (exact) mass is 436 g/mol. The van der Waals surface area contributed by atoms with Crippen LogP contribution in [0.25, 0.3) is 11.4 Å². The normalized spacial score (nSPS) is 18.3. The molecule has 0 aliphatic carbocycles. The fraction of sp³-hybridized carbons (Fsp3) is 0.292. The van der Waals surface area contributed by atoms with Gasteiger partial charge in [0.15, 0.2) is 0 Å². The minimum Gasteiger partial charge on any atom is -0.871 e. The van der Waals surface area contributed by atoms with Gasteiger partial charge in [-0.15, -0.1) is 0 Å². The van der Waals surface area contributed by atoms with E-state index in [1.807, 2.05) is 14.1 Å². The molecule has 1 aliphatic heterocycles. The van der Waals surface area contributed by atoms with Crippen molar-refractivity contribution >= 4 is 23.1 Å². The molecule has 2 aromatic heterocycles. The predicted molar refractivity (Wildman–Crippen MR) is 115 cm³/mol. The van der Waals surface area contributed by atoms with Crippen LogP contribution in [-0.2, 0) is 9.59 Å². The number of nitrogens with zero attached hydrogens (tertiary/aromatic N) is 3. The van der Waals surface area contributed by atoms with E-state index in [-0.39, 0.29) is 11.3 Å². The first-order valence-electron chi connectivity index (χ1n) is 10.5. The number of carbonyl (C=O) groups excluding carboxylic acids is 2. The molecule has 8 heteroatoms. The molecule has 0 spiro atoms. The number of fused-ring (bicyclic) bond motifs is 1. The Hall–Kier alpha value is -3.52. The molecule has 32 heavy (non-hydrogen) atoms. The first-order valence-corrected chi connectivity index (χ1v) is 10.5. The lowest BCUT2D eigenvalue weighted by atomic mass is 9.96. The van der Waals surface area contributed by atoms with Gasteiger partial charge in [-0.2, -0.15) is 0 Å². The molecule has 166 valence electrons. The number of hydrogen-bond acceptors (Lipinski definition) is 4. The average Bonchev–Trinajstić information content (AvgIpc) is 3.21. The van der Waals surface area contributed by atoms with Crippen molar-refractivity contribution in [2.24, 2.45) is 0 Å². The zero-order valence-electron chi connectivity index (χ0n) is 18.3. The minimum atomic E-state index is -0.941. The number of halogens is 1. The Morgan fingerprint density at radius 3 is 2.69 bits per heavy atom. The van der Waals surface area contributed by atoms with E-state index >= 15 is 0 Å². The van der Waals surface area contributed by atoms with Crippen LogP contribution in [0.5, 0.6) is 0 Å². The first kappa shape index (κ1) is 21.7. The molecule has 1 unspecified atom stereocenters. The number of benzene rings is 1. The smallest absolute Gasteiger partial charge is 0.295 e. The van der Waals surface area contributed by atoms with Gasteiger partial charge < -0.3 is 19.3 Å². The van der Waals surface area contributed by atoms with Crippen molar-refractivity contribution in [3.05, 3.63) is 77.0 Å². The number of aryl methyl sites for hydroxylation is 1. The van der Waals surface area contributed by atoms with Crippen LogP contribution in [0, 0.1) is 12.7 Å². The highest BCUT2D eigenvalue weighted by Crippen LogP contribution is 2.39. The average molecular weight is 436 g/mol. The van der Waals surface area contributed by atoms with Gasteiger partial charge in [0.2, 0.25) is 5.78 Å². The number of rotatable bonds is 6. The van der Waals surface area contributed by atoms with Crippen LogP contribution < -0.4 is 10.0 Å². The lowest BCUT2D eigenvalue weighted by Crippen LogP contribution is -3.05. The Balaban J connectivity index is 1.89. The number of nitrogens with one attached hydrogen (secondary N) is 1. The molecule has 1 atom stereocenters. The maximum absolute atomic E-state index is 14.1. The maximum Gasteiger partial charge on any atom is 0.295 e. The van der Waals surface area contributed by atoms with Crippen LogP contribution in [-0.4, -0.2) is 53.2 Å². The Morgan fingerprint density at radius 1 is 1.19 bits per heavy atom. The molecule has 0 radical (unpaired) electrons. The van der Waals surface area contributed by atoms with Gasteiger partial charge in [-0.1, -0.05) is 24.0 Å². The third-order valence-corrected chi connectivity index (χ3v) is 5.69. The zero-order chi connectivity index (χ0) is 23.0. The molecular formula is C24H25FN4O3. The number of ketones is 1. The zero-order valence-corrected chi connectivity index (χ0v) is 18.3. The van der Waals surface area contributed by atoms with Crippen molar-refractivity contribution < 1.29 is 24.0 Å². The fourth-order valence-corrected chi connectivity index (χ4v) is 4.24. The Kier molecular flexibility index (Phi) is 5.80. The Morgan fingerprint density at radius 2 is 1.97 bits per heavy atom. The number of imidazole rings is 1. The molecule has 1 aromatic carbocycles. The number of Topliss-reactive ketones (excluding diaryl/α,β-unsaturated/α-hetero) is 1. The van der Waals surface area contributed by atoms with Crippen LogP contribution in [0.2, 0.25) is 0 Å². The highest BCUT2D eigenvalue weighted by molar-refractivity contribution is 6.46. The van der Waals surface area contributed by atoms with Gasteiger partial charge in [-0.05, 0) is 36.8 Å². The van der Waals surface area contributed by atoms with E-state index in [2.05, 4.69) is 4.98 Å². The van der Waals surface area contributed by atoms with E-state index in [0.717, 1.165) is 6.54 Å². The predicted octanol–water partition coefficient (Wildman–Crippen LogP) is 0.540. The summed E-state index contributed by atoms with van der Waals surface area (Å²) in [6, 6.07) is 10.1. The highest BCUT2D eigenvalue weighted by Gasteiger charge is 2.44. The summed E-state index contributed by atoms with van der Waals surface area (Å²) >= 11 is 0. The molecule has 1 N–H and O–H groups in total. The van der Waals surface area contributed by atoms with Crippen molar-refractivity contribution in [2.45, 2.75) is 19.4 Å². The maximum atomic E-state index is 14.1. The summed E-state index contributed by atoms with van der Waals surface area (Å²) in [7, 11) is 3.99. The van der Waals surface area contributed by atoms with Gasteiger partial charge in [0, 0.05) is 24.7 Å². The number of amides is 1. The van der Waals surface area contributed by atoms with Gasteiger partial charge in [0.05, 0.1) is 38.1 Å². The topological polar surface area (TPSA) is 82.2 Å². The second-order valence-corrected chi connectivity index (χ2v) is 8.31. The van der Waals surface area contributed by atoms with E-state index in [4.69, 9.17) is 0 Å². The first-order chi connectivity index (χ1) is 15.3. The van der Waals surface area contributed by atoms with Crippen molar-refractivity contribution in [1.29, 1.82) is 0 Å². The summed E-state index contributed by atoms with van der Waals surface area (Å²) in [6.45, 7) is 2.76. The second kappa shape index (κ2) is 8.55.